The fraction of sp³-hybridized carbons (Fsp3) is 0.0667. The van der Waals surface area contributed by atoms with Crippen molar-refractivity contribution in [2.24, 2.45) is 0 Å². The van der Waals surface area contributed by atoms with Crippen LogP contribution in [0.3, 0.4) is 0 Å². The predicted molar refractivity (Wildman–Crippen MR) is 76.0 cm³/mol. The standard InChI is InChI=1S/C15H10ClNO3/c16-6-12-5-11-7-17-8-13(14(11)20-12)9-2-1-3-10(4-9)15(18)19/h1-5,7-8H,6H2,(H,18,19). The van der Waals surface area contributed by atoms with E-state index in [2.05, 4.69) is 4.98 Å². The van der Waals surface area contributed by atoms with Gasteiger partial charge in [0.1, 0.15) is 11.3 Å². The van der Waals surface area contributed by atoms with Crippen molar-refractivity contribution in [2.45, 2.75) is 5.88 Å². The monoisotopic (exact) mass is 287 g/mol. The van der Waals surface area contributed by atoms with Gasteiger partial charge in [-0.15, -0.1) is 11.6 Å². The van der Waals surface area contributed by atoms with E-state index < -0.39 is 5.97 Å². The lowest BCUT2D eigenvalue weighted by atomic mass is 10.0. The Balaban J connectivity index is 2.21. The van der Waals surface area contributed by atoms with Gasteiger partial charge in [-0.2, -0.15) is 0 Å². The molecule has 20 heavy (non-hydrogen) atoms. The van der Waals surface area contributed by atoms with Crippen LogP contribution in [-0.4, -0.2) is 16.1 Å². The van der Waals surface area contributed by atoms with Crippen molar-refractivity contribution in [3.63, 3.8) is 0 Å². The van der Waals surface area contributed by atoms with Gasteiger partial charge in [-0.1, -0.05) is 12.1 Å². The number of hydrogen-bond donors (Lipinski definition) is 1. The van der Waals surface area contributed by atoms with Crippen LogP contribution >= 0.6 is 11.6 Å². The average Bonchev–Trinajstić information content (AvgIpc) is 2.90. The molecule has 4 nitrogen and oxygen atoms in total. The minimum atomic E-state index is -0.965. The number of alkyl halides is 1. The van der Waals surface area contributed by atoms with Crippen molar-refractivity contribution in [2.75, 3.05) is 0 Å². The summed E-state index contributed by atoms with van der Waals surface area (Å²) >= 11 is 5.77. The molecule has 0 radical (unpaired) electrons. The molecule has 0 spiro atoms. The Morgan fingerprint density at radius 1 is 1.30 bits per heavy atom. The molecular weight excluding hydrogens is 278 g/mol. The minimum Gasteiger partial charge on any atom is -0.478 e. The van der Waals surface area contributed by atoms with Crippen LogP contribution in [0.4, 0.5) is 0 Å². The van der Waals surface area contributed by atoms with Gasteiger partial charge in [0.15, 0.2) is 0 Å². The second-order valence-electron chi connectivity index (χ2n) is 4.34. The molecule has 0 aliphatic carbocycles. The van der Waals surface area contributed by atoms with Crippen molar-refractivity contribution in [3.8, 4) is 11.1 Å². The number of hydrogen-bond acceptors (Lipinski definition) is 3. The van der Waals surface area contributed by atoms with Gasteiger partial charge in [0.05, 0.1) is 11.4 Å². The summed E-state index contributed by atoms with van der Waals surface area (Å²) in [5.74, 6) is -0.0262. The van der Waals surface area contributed by atoms with E-state index >= 15 is 0 Å². The molecule has 0 saturated carbocycles. The molecule has 3 rings (SSSR count). The second-order valence-corrected chi connectivity index (χ2v) is 4.60. The Bertz CT molecular complexity index is 795. The first-order chi connectivity index (χ1) is 9.69. The van der Waals surface area contributed by atoms with Crippen molar-refractivity contribution in [1.82, 2.24) is 4.98 Å². The average molecular weight is 288 g/mol. The van der Waals surface area contributed by atoms with Gasteiger partial charge in [0, 0.05) is 23.3 Å². The van der Waals surface area contributed by atoms with E-state index in [1.54, 1.807) is 30.6 Å². The Morgan fingerprint density at radius 2 is 2.15 bits per heavy atom. The summed E-state index contributed by atoms with van der Waals surface area (Å²) in [7, 11) is 0. The number of halogens is 1. The van der Waals surface area contributed by atoms with Crippen LogP contribution in [0.2, 0.25) is 0 Å². The summed E-state index contributed by atoms with van der Waals surface area (Å²) in [6, 6.07) is 8.50. The number of fused-ring (bicyclic) bond motifs is 1. The molecule has 0 fully saturated rings. The summed E-state index contributed by atoms with van der Waals surface area (Å²) in [6.07, 6.45) is 3.35. The molecule has 2 heterocycles. The third-order valence-electron chi connectivity index (χ3n) is 3.03. The number of carboxylic acid groups (broad SMARTS) is 1. The van der Waals surface area contributed by atoms with Gasteiger partial charge in [-0.3, -0.25) is 4.98 Å². The number of benzene rings is 1. The quantitative estimate of drug-likeness (QED) is 0.741. The van der Waals surface area contributed by atoms with Crippen molar-refractivity contribution >= 4 is 28.5 Å². The number of pyridine rings is 1. The fourth-order valence-electron chi connectivity index (χ4n) is 2.11. The van der Waals surface area contributed by atoms with Crippen LogP contribution in [0.25, 0.3) is 22.1 Å². The zero-order valence-electron chi connectivity index (χ0n) is 10.3. The van der Waals surface area contributed by atoms with E-state index in [0.29, 0.717) is 11.3 Å². The number of rotatable bonds is 3. The fourth-order valence-corrected chi connectivity index (χ4v) is 2.24. The number of furan rings is 1. The van der Waals surface area contributed by atoms with Crippen molar-refractivity contribution < 1.29 is 14.3 Å². The molecule has 100 valence electrons. The first-order valence-corrected chi connectivity index (χ1v) is 6.48. The van der Waals surface area contributed by atoms with E-state index in [0.717, 1.165) is 16.5 Å². The summed E-state index contributed by atoms with van der Waals surface area (Å²) in [4.78, 5) is 15.2. The van der Waals surface area contributed by atoms with Crippen LogP contribution in [0.5, 0.6) is 0 Å². The third-order valence-corrected chi connectivity index (χ3v) is 3.29. The molecule has 2 aromatic heterocycles. The molecule has 0 bridgehead atoms. The minimum absolute atomic E-state index is 0.226. The number of aromatic carboxylic acids is 1. The number of carbonyl (C=O) groups is 1. The number of nitrogens with zero attached hydrogens (tertiary/aromatic N) is 1. The van der Waals surface area contributed by atoms with Crippen LogP contribution in [0.15, 0.2) is 47.1 Å². The Morgan fingerprint density at radius 3 is 2.90 bits per heavy atom. The normalized spacial score (nSPS) is 10.8. The molecule has 0 aliphatic rings. The van der Waals surface area contributed by atoms with Crippen LogP contribution in [0, 0.1) is 0 Å². The zero-order chi connectivity index (χ0) is 14.1. The maximum absolute atomic E-state index is 11.0. The highest BCUT2D eigenvalue weighted by atomic mass is 35.5. The lowest BCUT2D eigenvalue weighted by molar-refractivity contribution is 0.0697. The summed E-state index contributed by atoms with van der Waals surface area (Å²) < 4.78 is 5.68. The van der Waals surface area contributed by atoms with Crippen LogP contribution in [-0.2, 0) is 5.88 Å². The van der Waals surface area contributed by atoms with Gasteiger partial charge in [-0.05, 0) is 23.8 Å². The highest BCUT2D eigenvalue weighted by molar-refractivity contribution is 6.17. The molecule has 0 amide bonds. The lowest BCUT2D eigenvalue weighted by Crippen LogP contribution is -1.95. The van der Waals surface area contributed by atoms with Crippen molar-refractivity contribution in [3.05, 3.63) is 54.0 Å². The lowest BCUT2D eigenvalue weighted by Gasteiger charge is -2.03. The molecule has 3 aromatic rings. The van der Waals surface area contributed by atoms with Gasteiger partial charge >= 0.3 is 5.97 Å². The van der Waals surface area contributed by atoms with E-state index in [-0.39, 0.29) is 11.4 Å². The van der Waals surface area contributed by atoms with E-state index in [4.69, 9.17) is 21.1 Å². The zero-order valence-corrected chi connectivity index (χ0v) is 11.1. The molecule has 1 N–H and O–H groups in total. The van der Waals surface area contributed by atoms with Gasteiger partial charge in [0.25, 0.3) is 0 Å². The first kappa shape index (κ1) is 12.7. The van der Waals surface area contributed by atoms with Gasteiger partial charge in [-0.25, -0.2) is 4.79 Å². The van der Waals surface area contributed by atoms with Crippen LogP contribution in [0.1, 0.15) is 16.1 Å². The van der Waals surface area contributed by atoms with E-state index in [1.807, 2.05) is 12.1 Å². The SMILES string of the molecule is O=C(O)c1cccc(-c2cncc3cc(CCl)oc23)c1. The molecule has 0 aliphatic heterocycles. The molecular formula is C15H10ClNO3. The van der Waals surface area contributed by atoms with Crippen LogP contribution < -0.4 is 0 Å². The first-order valence-electron chi connectivity index (χ1n) is 5.95. The second kappa shape index (κ2) is 4.98. The predicted octanol–water partition coefficient (Wildman–Crippen LogP) is 3.93. The largest absolute Gasteiger partial charge is 0.478 e. The molecule has 5 heteroatoms. The number of aromatic nitrogens is 1. The highest BCUT2D eigenvalue weighted by Crippen LogP contribution is 2.30. The molecule has 0 unspecified atom stereocenters. The highest BCUT2D eigenvalue weighted by Gasteiger charge is 2.12. The molecule has 1 aromatic carbocycles. The van der Waals surface area contributed by atoms with E-state index in [1.165, 1.54) is 0 Å². The van der Waals surface area contributed by atoms with Gasteiger partial charge in [0.2, 0.25) is 0 Å². The summed E-state index contributed by atoms with van der Waals surface area (Å²) in [5.41, 5.74) is 2.39. The summed E-state index contributed by atoms with van der Waals surface area (Å²) in [5, 5.41) is 9.90. The Kier molecular flexibility index (Phi) is 3.16. The maximum atomic E-state index is 11.0. The smallest absolute Gasteiger partial charge is 0.335 e. The Hall–Kier alpha value is -2.33. The van der Waals surface area contributed by atoms with Crippen molar-refractivity contribution in [1.29, 1.82) is 0 Å². The third kappa shape index (κ3) is 2.14. The number of carboxylic acids is 1. The van der Waals surface area contributed by atoms with E-state index in [9.17, 15) is 4.79 Å². The molecule has 0 saturated heterocycles. The topological polar surface area (TPSA) is 63.3 Å². The molecule has 0 atom stereocenters. The summed E-state index contributed by atoms with van der Waals surface area (Å²) in [6.45, 7) is 0. The maximum Gasteiger partial charge on any atom is 0.335 e. The van der Waals surface area contributed by atoms with Gasteiger partial charge < -0.3 is 9.52 Å². The Labute approximate surface area is 119 Å².